The van der Waals surface area contributed by atoms with Gasteiger partial charge in [-0.1, -0.05) is 48.5 Å². The Morgan fingerprint density at radius 2 is 1.88 bits per heavy atom. The Labute approximate surface area is 221 Å². The Bertz CT molecular complexity index is 1130. The molecule has 9 heteroatoms. The summed E-state index contributed by atoms with van der Waals surface area (Å²) in [7, 11) is 1.55. The molecular formula is C25H24BrCl2NO4S. The van der Waals surface area contributed by atoms with Crippen LogP contribution in [0.25, 0.3) is 6.08 Å². The van der Waals surface area contributed by atoms with Crippen LogP contribution in [0.2, 0.25) is 10.0 Å². The van der Waals surface area contributed by atoms with Crippen LogP contribution < -0.4 is 9.47 Å². The molecule has 2 aromatic rings. The summed E-state index contributed by atoms with van der Waals surface area (Å²) in [6.07, 6.45) is 7.46. The van der Waals surface area contributed by atoms with Crippen molar-refractivity contribution in [3.63, 3.8) is 0 Å². The molecule has 1 saturated heterocycles. The van der Waals surface area contributed by atoms with Gasteiger partial charge in [0, 0.05) is 6.54 Å². The van der Waals surface area contributed by atoms with E-state index in [4.69, 9.17) is 32.7 Å². The van der Waals surface area contributed by atoms with E-state index in [0.717, 1.165) is 35.7 Å². The van der Waals surface area contributed by atoms with E-state index in [1.165, 1.54) is 24.2 Å². The summed E-state index contributed by atoms with van der Waals surface area (Å²) >= 11 is 16.6. The third-order valence-corrected chi connectivity index (χ3v) is 8.19. The third kappa shape index (κ3) is 5.93. The maximum atomic E-state index is 12.9. The molecule has 0 aromatic heterocycles. The summed E-state index contributed by atoms with van der Waals surface area (Å²) in [6.45, 7) is 0.780. The van der Waals surface area contributed by atoms with Gasteiger partial charge in [-0.05, 0) is 87.9 Å². The number of nitrogens with zero attached hydrogens (tertiary/aromatic N) is 1. The number of imide groups is 1. The molecule has 2 fully saturated rings. The highest BCUT2D eigenvalue weighted by atomic mass is 79.9. The normalized spacial score (nSPS) is 18.1. The SMILES string of the molecule is COc1cc(/C=C2/SC(=O)N(CC3CCCCC3)C2=O)cc(Br)c1OCc1ccc(Cl)c(Cl)c1. The molecule has 0 bridgehead atoms. The molecule has 4 rings (SSSR count). The topological polar surface area (TPSA) is 55.8 Å². The molecule has 0 spiro atoms. The van der Waals surface area contributed by atoms with E-state index in [9.17, 15) is 9.59 Å². The van der Waals surface area contributed by atoms with Crippen molar-refractivity contribution in [2.45, 2.75) is 38.7 Å². The fourth-order valence-electron chi connectivity index (χ4n) is 4.18. The fourth-order valence-corrected chi connectivity index (χ4v) is 5.93. The van der Waals surface area contributed by atoms with Crippen molar-refractivity contribution >= 4 is 68.1 Å². The van der Waals surface area contributed by atoms with Crippen molar-refractivity contribution in [2.24, 2.45) is 5.92 Å². The van der Waals surface area contributed by atoms with Gasteiger partial charge < -0.3 is 9.47 Å². The van der Waals surface area contributed by atoms with Crippen LogP contribution in [0.5, 0.6) is 11.5 Å². The van der Waals surface area contributed by atoms with Gasteiger partial charge in [0.25, 0.3) is 11.1 Å². The van der Waals surface area contributed by atoms with Crippen LogP contribution in [-0.4, -0.2) is 29.7 Å². The predicted octanol–water partition coefficient (Wildman–Crippen LogP) is 7.96. The van der Waals surface area contributed by atoms with E-state index in [1.54, 1.807) is 31.4 Å². The lowest BCUT2D eigenvalue weighted by Crippen LogP contribution is -2.34. The minimum atomic E-state index is -0.226. The predicted molar refractivity (Wildman–Crippen MR) is 141 cm³/mol. The van der Waals surface area contributed by atoms with Crippen LogP contribution in [0, 0.1) is 5.92 Å². The smallest absolute Gasteiger partial charge is 0.293 e. The molecule has 5 nitrogen and oxygen atoms in total. The molecule has 2 amide bonds. The maximum absolute atomic E-state index is 12.9. The fraction of sp³-hybridized carbons (Fsp3) is 0.360. The summed E-state index contributed by atoms with van der Waals surface area (Å²) < 4.78 is 12.2. The Morgan fingerprint density at radius 1 is 1.12 bits per heavy atom. The first-order valence-electron chi connectivity index (χ1n) is 11.1. The standard InChI is InChI=1S/C25H24BrCl2NO4S/c1-32-21-11-17(9-18(26)23(21)33-14-16-7-8-19(27)20(28)10-16)12-22-24(30)29(25(31)34-22)13-15-5-3-2-4-6-15/h7-12,15H,2-6,13-14H2,1H3/b22-12+. The zero-order valence-electron chi connectivity index (χ0n) is 18.6. The molecule has 1 aliphatic heterocycles. The average molecular weight is 585 g/mol. The summed E-state index contributed by atoms with van der Waals surface area (Å²) in [6, 6.07) is 8.93. The van der Waals surface area contributed by atoms with E-state index in [2.05, 4.69) is 15.9 Å². The van der Waals surface area contributed by atoms with Crippen LogP contribution >= 0.6 is 50.9 Å². The summed E-state index contributed by atoms with van der Waals surface area (Å²) in [4.78, 5) is 27.3. The van der Waals surface area contributed by atoms with Crippen molar-refractivity contribution in [3.05, 3.63) is 60.9 Å². The summed E-state index contributed by atoms with van der Waals surface area (Å²) in [5, 5.41) is 0.743. The Kier molecular flexibility index (Phi) is 8.51. The summed E-state index contributed by atoms with van der Waals surface area (Å²) in [5.41, 5.74) is 1.59. The van der Waals surface area contributed by atoms with Crippen molar-refractivity contribution < 1.29 is 19.1 Å². The van der Waals surface area contributed by atoms with Crippen LogP contribution in [0.1, 0.15) is 43.2 Å². The Balaban J connectivity index is 1.49. The molecule has 180 valence electrons. The van der Waals surface area contributed by atoms with Crippen molar-refractivity contribution in [2.75, 3.05) is 13.7 Å². The van der Waals surface area contributed by atoms with Gasteiger partial charge in [-0.25, -0.2) is 0 Å². The highest BCUT2D eigenvalue weighted by Gasteiger charge is 2.36. The molecule has 0 unspecified atom stereocenters. The molecule has 0 radical (unpaired) electrons. The van der Waals surface area contributed by atoms with Gasteiger partial charge in [0.2, 0.25) is 0 Å². The van der Waals surface area contributed by atoms with Gasteiger partial charge >= 0.3 is 0 Å². The van der Waals surface area contributed by atoms with Gasteiger partial charge in [0.15, 0.2) is 11.5 Å². The lowest BCUT2D eigenvalue weighted by atomic mass is 9.89. The Morgan fingerprint density at radius 3 is 2.59 bits per heavy atom. The Hall–Kier alpha value is -1.67. The van der Waals surface area contributed by atoms with E-state index in [0.29, 0.717) is 43.4 Å². The number of ether oxygens (including phenoxy) is 2. The van der Waals surface area contributed by atoms with E-state index < -0.39 is 0 Å². The van der Waals surface area contributed by atoms with Gasteiger partial charge in [-0.3, -0.25) is 14.5 Å². The van der Waals surface area contributed by atoms with E-state index >= 15 is 0 Å². The average Bonchev–Trinajstić information content (AvgIpc) is 3.08. The number of halogens is 3. The third-order valence-electron chi connectivity index (χ3n) is 5.96. The van der Waals surface area contributed by atoms with Gasteiger partial charge in [-0.2, -0.15) is 0 Å². The molecule has 0 atom stereocenters. The molecule has 2 aliphatic rings. The maximum Gasteiger partial charge on any atom is 0.293 e. The van der Waals surface area contributed by atoms with Crippen molar-refractivity contribution in [3.8, 4) is 11.5 Å². The second kappa shape index (κ2) is 11.4. The highest BCUT2D eigenvalue weighted by molar-refractivity contribution is 9.10. The molecule has 1 heterocycles. The number of benzene rings is 2. The minimum absolute atomic E-state index is 0.200. The number of hydrogen-bond acceptors (Lipinski definition) is 5. The van der Waals surface area contributed by atoms with E-state index in [1.807, 2.05) is 12.1 Å². The van der Waals surface area contributed by atoms with Crippen LogP contribution in [0.4, 0.5) is 4.79 Å². The monoisotopic (exact) mass is 583 g/mol. The van der Waals surface area contributed by atoms with Crippen molar-refractivity contribution in [1.29, 1.82) is 0 Å². The number of amides is 2. The second-order valence-corrected chi connectivity index (χ2v) is 11.0. The first kappa shape index (κ1) is 25.4. The van der Waals surface area contributed by atoms with Gasteiger partial charge in [0.05, 0.1) is 26.5 Å². The van der Waals surface area contributed by atoms with Gasteiger partial charge in [-0.15, -0.1) is 0 Å². The number of hydrogen-bond donors (Lipinski definition) is 0. The largest absolute Gasteiger partial charge is 0.493 e. The van der Waals surface area contributed by atoms with Gasteiger partial charge in [0.1, 0.15) is 6.61 Å². The van der Waals surface area contributed by atoms with Crippen LogP contribution in [0.3, 0.4) is 0 Å². The molecule has 34 heavy (non-hydrogen) atoms. The lowest BCUT2D eigenvalue weighted by Gasteiger charge is -2.25. The highest BCUT2D eigenvalue weighted by Crippen LogP contribution is 2.40. The molecule has 0 N–H and O–H groups in total. The number of thioether (sulfide) groups is 1. The number of methoxy groups -OCH3 is 1. The molecular weight excluding hydrogens is 561 g/mol. The lowest BCUT2D eigenvalue weighted by molar-refractivity contribution is -0.123. The van der Waals surface area contributed by atoms with Crippen LogP contribution in [0.15, 0.2) is 39.7 Å². The first-order chi connectivity index (χ1) is 16.4. The number of carbonyl (C=O) groups is 2. The summed E-state index contributed by atoms with van der Waals surface area (Å²) in [5.74, 6) is 1.21. The quantitative estimate of drug-likeness (QED) is 0.309. The number of rotatable bonds is 7. The van der Waals surface area contributed by atoms with Crippen molar-refractivity contribution in [1.82, 2.24) is 4.90 Å². The van der Waals surface area contributed by atoms with E-state index in [-0.39, 0.29) is 17.8 Å². The first-order valence-corrected chi connectivity index (χ1v) is 13.4. The molecule has 2 aromatic carbocycles. The molecule has 1 aliphatic carbocycles. The zero-order valence-corrected chi connectivity index (χ0v) is 22.5. The molecule has 1 saturated carbocycles. The van der Waals surface area contributed by atoms with Crippen LogP contribution in [-0.2, 0) is 11.4 Å². The number of carbonyl (C=O) groups excluding carboxylic acids is 2. The zero-order chi connectivity index (χ0) is 24.2. The minimum Gasteiger partial charge on any atom is -0.493 e. The second-order valence-electron chi connectivity index (χ2n) is 8.37.